The predicted molar refractivity (Wildman–Crippen MR) is 116 cm³/mol. The van der Waals surface area contributed by atoms with E-state index < -0.39 is 23.7 Å². The number of ether oxygens (including phenoxy) is 1. The highest BCUT2D eigenvalue weighted by molar-refractivity contribution is 9.10. The molecule has 0 bridgehead atoms. The van der Waals surface area contributed by atoms with E-state index in [0.29, 0.717) is 11.3 Å². The molecule has 0 aliphatic carbocycles. The number of benzene rings is 1. The summed E-state index contributed by atoms with van der Waals surface area (Å²) in [5.74, 6) is -3.10. The van der Waals surface area contributed by atoms with Crippen LogP contribution < -0.4 is 10.6 Å². The number of nitrogens with one attached hydrogen (secondary N) is 2. The normalized spacial score (nSPS) is 18.2. The van der Waals surface area contributed by atoms with Crippen molar-refractivity contribution in [3.8, 4) is 6.07 Å². The van der Waals surface area contributed by atoms with Crippen LogP contribution in [0.4, 0.5) is 0 Å². The number of hydrogen-bond acceptors (Lipinski definition) is 7. The van der Waals surface area contributed by atoms with E-state index in [1.807, 2.05) is 0 Å². The third-order valence-corrected chi connectivity index (χ3v) is 6.09. The molecule has 160 valence electrons. The first kappa shape index (κ1) is 22.7. The standard InChI is InChI=1S/C21H18BrN3O5S/c1-29-21(28)18-17(12-4-2-5-13(22)8-12)15(9-23)20(25-19(18)27)31-11-16(26)24-10-14-6-3-7-30-14/h2-8,17-18H,10-11H2,1H3,(H,24,26)(H,25,27)/t17-,18-/m0/s1. The Morgan fingerprint density at radius 1 is 1.35 bits per heavy atom. The minimum atomic E-state index is -1.22. The number of nitrogens with zero attached hydrogens (tertiary/aromatic N) is 1. The van der Waals surface area contributed by atoms with Crippen molar-refractivity contribution in [2.45, 2.75) is 12.5 Å². The SMILES string of the molecule is COC(=O)[C@@H]1C(=O)NC(SCC(=O)NCc2ccco2)=C(C#N)[C@@H]1c1cccc(Br)c1. The van der Waals surface area contributed by atoms with E-state index in [2.05, 4.69) is 32.6 Å². The highest BCUT2D eigenvalue weighted by atomic mass is 79.9. The minimum absolute atomic E-state index is 0.0321. The zero-order valence-corrected chi connectivity index (χ0v) is 18.8. The Bertz CT molecular complexity index is 1060. The van der Waals surface area contributed by atoms with E-state index in [0.717, 1.165) is 16.2 Å². The van der Waals surface area contributed by atoms with Crippen LogP contribution in [0.5, 0.6) is 0 Å². The summed E-state index contributed by atoms with van der Waals surface area (Å²) in [6.07, 6.45) is 1.51. The number of nitriles is 1. The molecule has 3 rings (SSSR count). The van der Waals surface area contributed by atoms with E-state index in [1.165, 1.54) is 13.4 Å². The van der Waals surface area contributed by atoms with Crippen molar-refractivity contribution in [1.82, 2.24) is 10.6 Å². The van der Waals surface area contributed by atoms with Gasteiger partial charge in [-0.1, -0.05) is 39.8 Å². The largest absolute Gasteiger partial charge is 0.468 e. The maximum atomic E-state index is 12.8. The number of hydrogen-bond donors (Lipinski definition) is 2. The Hall–Kier alpha value is -3.03. The summed E-state index contributed by atoms with van der Waals surface area (Å²) in [5.41, 5.74) is 0.800. The molecular weight excluding hydrogens is 486 g/mol. The smallest absolute Gasteiger partial charge is 0.319 e. The maximum absolute atomic E-state index is 12.8. The molecule has 0 unspecified atom stereocenters. The molecule has 2 amide bonds. The minimum Gasteiger partial charge on any atom is -0.468 e. The van der Waals surface area contributed by atoms with Gasteiger partial charge in [0, 0.05) is 10.4 Å². The number of carbonyl (C=O) groups is 3. The lowest BCUT2D eigenvalue weighted by Crippen LogP contribution is -2.44. The van der Waals surface area contributed by atoms with Crippen LogP contribution in [0.15, 0.2) is 62.2 Å². The van der Waals surface area contributed by atoms with E-state index in [1.54, 1.807) is 36.4 Å². The van der Waals surface area contributed by atoms with Crippen LogP contribution in [0.25, 0.3) is 0 Å². The Morgan fingerprint density at radius 2 is 2.16 bits per heavy atom. The first-order valence-electron chi connectivity index (χ1n) is 9.15. The van der Waals surface area contributed by atoms with Gasteiger partial charge < -0.3 is 19.8 Å². The third kappa shape index (κ3) is 5.37. The monoisotopic (exact) mass is 503 g/mol. The van der Waals surface area contributed by atoms with Crippen LogP contribution >= 0.6 is 27.7 Å². The fourth-order valence-corrected chi connectivity index (χ4v) is 4.46. The van der Waals surface area contributed by atoms with Crippen LogP contribution in [0.1, 0.15) is 17.2 Å². The highest BCUT2D eigenvalue weighted by Crippen LogP contribution is 2.40. The van der Waals surface area contributed by atoms with Crippen molar-refractivity contribution >= 4 is 45.5 Å². The molecule has 1 aliphatic rings. The number of furan rings is 1. The number of carbonyl (C=O) groups excluding carboxylic acids is 3. The van der Waals surface area contributed by atoms with E-state index >= 15 is 0 Å². The molecule has 2 heterocycles. The molecule has 2 N–H and O–H groups in total. The molecule has 0 radical (unpaired) electrons. The van der Waals surface area contributed by atoms with Crippen molar-refractivity contribution in [3.63, 3.8) is 0 Å². The Labute approximate surface area is 191 Å². The van der Waals surface area contributed by atoms with E-state index in [-0.39, 0.29) is 28.8 Å². The molecule has 2 aromatic rings. The molecule has 1 aromatic carbocycles. The second-order valence-corrected chi connectivity index (χ2v) is 8.42. The second-order valence-electron chi connectivity index (χ2n) is 6.52. The number of methoxy groups -OCH3 is 1. The topological polar surface area (TPSA) is 121 Å². The number of allylic oxidation sites excluding steroid dienone is 1. The molecule has 0 fully saturated rings. The molecule has 10 heteroatoms. The highest BCUT2D eigenvalue weighted by Gasteiger charge is 2.44. The van der Waals surface area contributed by atoms with E-state index in [9.17, 15) is 19.6 Å². The van der Waals surface area contributed by atoms with Gasteiger partial charge >= 0.3 is 5.97 Å². The van der Waals surface area contributed by atoms with Crippen LogP contribution in [0.3, 0.4) is 0 Å². The van der Waals surface area contributed by atoms with Crippen molar-refractivity contribution in [2.24, 2.45) is 5.92 Å². The quantitative estimate of drug-likeness (QED) is 0.439. The first-order valence-corrected chi connectivity index (χ1v) is 10.9. The first-order chi connectivity index (χ1) is 14.9. The Kier molecular flexibility index (Phi) is 7.55. The van der Waals surface area contributed by atoms with Gasteiger partial charge in [-0.05, 0) is 29.8 Å². The van der Waals surface area contributed by atoms with Crippen LogP contribution in [-0.2, 0) is 25.7 Å². The molecule has 1 aromatic heterocycles. The molecule has 8 nitrogen and oxygen atoms in total. The number of amides is 2. The maximum Gasteiger partial charge on any atom is 0.319 e. The summed E-state index contributed by atoms with van der Waals surface area (Å²) < 4.78 is 10.7. The number of halogens is 1. The van der Waals surface area contributed by atoms with Gasteiger partial charge in [0.2, 0.25) is 11.8 Å². The van der Waals surface area contributed by atoms with Gasteiger partial charge in [0.05, 0.1) is 42.3 Å². The predicted octanol–water partition coefficient (Wildman–Crippen LogP) is 2.83. The molecule has 1 aliphatic heterocycles. The average Bonchev–Trinajstić information content (AvgIpc) is 3.29. The second kappa shape index (κ2) is 10.3. The number of esters is 1. The molecule has 0 spiro atoms. The van der Waals surface area contributed by atoms with Gasteiger partial charge in [0.1, 0.15) is 11.7 Å². The zero-order chi connectivity index (χ0) is 22.4. The van der Waals surface area contributed by atoms with Crippen molar-refractivity contribution in [1.29, 1.82) is 5.26 Å². The summed E-state index contributed by atoms with van der Waals surface area (Å²) in [6.45, 7) is 0.230. The third-order valence-electron chi connectivity index (χ3n) is 4.58. The van der Waals surface area contributed by atoms with Crippen LogP contribution in [0, 0.1) is 17.2 Å². The van der Waals surface area contributed by atoms with Crippen LogP contribution in [-0.4, -0.2) is 30.6 Å². The molecular formula is C21H18BrN3O5S. The van der Waals surface area contributed by atoms with Crippen molar-refractivity contribution in [3.05, 3.63) is 69.1 Å². The fourth-order valence-electron chi connectivity index (χ4n) is 3.17. The molecule has 31 heavy (non-hydrogen) atoms. The number of rotatable bonds is 7. The summed E-state index contributed by atoms with van der Waals surface area (Å²) in [5, 5.41) is 15.4. The summed E-state index contributed by atoms with van der Waals surface area (Å²) in [6, 6.07) is 12.6. The number of thioether (sulfide) groups is 1. The summed E-state index contributed by atoms with van der Waals surface area (Å²) >= 11 is 4.40. The zero-order valence-electron chi connectivity index (χ0n) is 16.4. The van der Waals surface area contributed by atoms with Gasteiger partial charge in [0.15, 0.2) is 0 Å². The molecule has 2 atom stereocenters. The van der Waals surface area contributed by atoms with Gasteiger partial charge in [0.25, 0.3) is 0 Å². The van der Waals surface area contributed by atoms with Crippen molar-refractivity contribution in [2.75, 3.05) is 12.9 Å². The lowest BCUT2D eigenvalue weighted by molar-refractivity contribution is -0.150. The lowest BCUT2D eigenvalue weighted by Gasteiger charge is -2.31. The van der Waals surface area contributed by atoms with Crippen molar-refractivity contribution < 1.29 is 23.5 Å². The van der Waals surface area contributed by atoms with E-state index in [4.69, 9.17) is 9.15 Å². The Morgan fingerprint density at radius 3 is 2.81 bits per heavy atom. The fraction of sp³-hybridized carbons (Fsp3) is 0.238. The molecule has 0 saturated heterocycles. The average molecular weight is 504 g/mol. The van der Waals surface area contributed by atoms with Gasteiger partial charge in [-0.2, -0.15) is 5.26 Å². The lowest BCUT2D eigenvalue weighted by atomic mass is 9.78. The van der Waals surface area contributed by atoms with Gasteiger partial charge in [-0.15, -0.1) is 0 Å². The van der Waals surface area contributed by atoms with Gasteiger partial charge in [-0.25, -0.2) is 0 Å². The molecule has 0 saturated carbocycles. The Balaban J connectivity index is 1.85. The van der Waals surface area contributed by atoms with Crippen LogP contribution in [0.2, 0.25) is 0 Å². The van der Waals surface area contributed by atoms with Gasteiger partial charge in [-0.3, -0.25) is 14.4 Å². The summed E-state index contributed by atoms with van der Waals surface area (Å²) in [4.78, 5) is 37.3. The summed E-state index contributed by atoms with van der Waals surface area (Å²) in [7, 11) is 1.19.